The Kier molecular flexibility index (Phi) is 15.4. The maximum Gasteiger partial charge on any atom is 0.514 e. The summed E-state index contributed by atoms with van der Waals surface area (Å²) in [6.07, 6.45) is -3.36. The zero-order chi connectivity index (χ0) is 45.7. The van der Waals surface area contributed by atoms with Crippen molar-refractivity contribution in [3.05, 3.63) is 124 Å². The standard InChI is InChI=1S/C45H50N6O12/c1-44(2,3)62-41(54)49-39(50-42(55)63-45(4,5)6)46-25-11-16-37(48-40(53)59-27-36-34-14-9-7-12-32(34)33-13-8-10-15-35(33)36)38(52)47-29-19-17-28(18-20-29)26-60-43(56)61-31-23-21-30(22-24-31)51(57)58/h7-10,12-15,17-24,36-37H,11,16,25-27H2,1-6H3,(H,47,52)(H,48,53)(H2,46,49,50,54,55)/t37-/m0/s1. The average Bonchev–Trinajstić information content (AvgIpc) is 3.53. The Bertz CT molecular complexity index is 2240. The highest BCUT2D eigenvalue weighted by Gasteiger charge is 2.30. The Morgan fingerprint density at radius 2 is 1.29 bits per heavy atom. The molecule has 0 heterocycles. The summed E-state index contributed by atoms with van der Waals surface area (Å²) in [4.78, 5) is 79.1. The molecule has 0 radical (unpaired) electrons. The number of nitro groups is 1. The molecule has 18 nitrogen and oxygen atoms in total. The van der Waals surface area contributed by atoms with E-state index in [0.29, 0.717) is 11.3 Å². The Labute approximate surface area is 363 Å². The van der Waals surface area contributed by atoms with Crippen LogP contribution in [0.2, 0.25) is 0 Å². The highest BCUT2D eigenvalue weighted by atomic mass is 16.7. The van der Waals surface area contributed by atoms with E-state index in [0.717, 1.165) is 22.3 Å². The number of hydrogen-bond donors (Lipinski definition) is 4. The number of non-ortho nitro benzene ring substituents is 1. The molecule has 4 N–H and O–H groups in total. The molecule has 0 aromatic heterocycles. The van der Waals surface area contributed by atoms with E-state index in [2.05, 4.69) is 26.3 Å². The van der Waals surface area contributed by atoms with Crippen molar-refractivity contribution in [3.8, 4) is 16.9 Å². The summed E-state index contributed by atoms with van der Waals surface area (Å²) in [6.45, 7) is 9.87. The number of aliphatic imine (C=N–C) groups is 1. The predicted octanol–water partition coefficient (Wildman–Crippen LogP) is 8.34. The van der Waals surface area contributed by atoms with Gasteiger partial charge in [-0.05, 0) is 106 Å². The van der Waals surface area contributed by atoms with Gasteiger partial charge in [-0.25, -0.2) is 19.2 Å². The molecule has 4 amide bonds. The third-order valence-corrected chi connectivity index (χ3v) is 8.94. The van der Waals surface area contributed by atoms with E-state index in [1.807, 2.05) is 48.5 Å². The van der Waals surface area contributed by atoms with Crippen molar-refractivity contribution in [2.24, 2.45) is 4.99 Å². The highest BCUT2D eigenvalue weighted by molar-refractivity contribution is 6.01. The summed E-state index contributed by atoms with van der Waals surface area (Å²) in [6, 6.07) is 25.9. The van der Waals surface area contributed by atoms with Gasteiger partial charge in [-0.3, -0.25) is 30.5 Å². The number of fused-ring (bicyclic) bond motifs is 3. The highest BCUT2D eigenvalue weighted by Crippen LogP contribution is 2.44. The van der Waals surface area contributed by atoms with Crippen molar-refractivity contribution in [1.29, 1.82) is 0 Å². The van der Waals surface area contributed by atoms with Crippen LogP contribution in [0.5, 0.6) is 5.75 Å². The molecule has 1 aliphatic carbocycles. The van der Waals surface area contributed by atoms with Crippen LogP contribution in [0, 0.1) is 10.1 Å². The number of anilines is 1. The summed E-state index contributed by atoms with van der Waals surface area (Å²) in [7, 11) is 0. The first-order chi connectivity index (χ1) is 29.8. The Morgan fingerprint density at radius 1 is 0.730 bits per heavy atom. The third kappa shape index (κ3) is 14.6. The molecule has 4 aromatic rings. The summed E-state index contributed by atoms with van der Waals surface area (Å²) in [5.74, 6) is -0.980. The first-order valence-electron chi connectivity index (χ1n) is 20.0. The van der Waals surface area contributed by atoms with E-state index >= 15 is 0 Å². The Balaban J connectivity index is 1.24. The van der Waals surface area contributed by atoms with Crippen LogP contribution in [0.4, 0.5) is 30.6 Å². The maximum absolute atomic E-state index is 13.8. The second-order valence-electron chi connectivity index (χ2n) is 16.2. The SMILES string of the molecule is CC(C)(C)OC(=O)NC(=NCCC[C@H](NC(=O)OCC1c2ccccc2-c2ccccc21)C(=O)Nc1ccc(COC(=O)Oc2ccc([N+](=O)[O-])cc2)cc1)NC(=O)OC(C)(C)C. The van der Waals surface area contributed by atoms with Gasteiger partial charge in [0, 0.05) is 30.3 Å². The quantitative estimate of drug-likeness (QED) is 0.0145. The third-order valence-electron chi connectivity index (χ3n) is 8.94. The molecule has 332 valence electrons. The van der Waals surface area contributed by atoms with Crippen molar-refractivity contribution in [2.75, 3.05) is 18.5 Å². The fourth-order valence-corrected chi connectivity index (χ4v) is 6.27. The molecule has 18 heteroatoms. The molecule has 1 aliphatic rings. The van der Waals surface area contributed by atoms with E-state index in [9.17, 15) is 34.1 Å². The minimum absolute atomic E-state index is 0.0134. The minimum atomic E-state index is -1.13. The van der Waals surface area contributed by atoms with E-state index in [-0.39, 0.29) is 55.9 Å². The van der Waals surface area contributed by atoms with Gasteiger partial charge in [-0.2, -0.15) is 0 Å². The predicted molar refractivity (Wildman–Crippen MR) is 231 cm³/mol. The number of benzene rings is 4. The van der Waals surface area contributed by atoms with E-state index < -0.39 is 52.5 Å². The molecule has 0 bridgehead atoms. The van der Waals surface area contributed by atoms with E-state index in [1.54, 1.807) is 65.8 Å². The normalized spacial score (nSPS) is 12.3. The second-order valence-corrected chi connectivity index (χ2v) is 16.2. The van der Waals surface area contributed by atoms with Gasteiger partial charge in [0.05, 0.1) is 4.92 Å². The summed E-state index contributed by atoms with van der Waals surface area (Å²) in [5.41, 5.74) is 3.22. The largest absolute Gasteiger partial charge is 0.514 e. The first kappa shape index (κ1) is 46.6. The van der Waals surface area contributed by atoms with Crippen molar-refractivity contribution >= 4 is 47.7 Å². The van der Waals surface area contributed by atoms with Crippen molar-refractivity contribution in [1.82, 2.24) is 16.0 Å². The first-order valence-corrected chi connectivity index (χ1v) is 20.0. The zero-order valence-corrected chi connectivity index (χ0v) is 35.7. The van der Waals surface area contributed by atoms with Crippen LogP contribution in [0.3, 0.4) is 0 Å². The van der Waals surface area contributed by atoms with Gasteiger partial charge < -0.3 is 34.3 Å². The van der Waals surface area contributed by atoms with Crippen molar-refractivity contribution < 1.29 is 52.6 Å². The fourth-order valence-electron chi connectivity index (χ4n) is 6.27. The molecule has 0 saturated heterocycles. The molecular weight excluding hydrogens is 817 g/mol. The number of carbonyl (C=O) groups is 5. The molecular formula is C45H50N6O12. The zero-order valence-electron chi connectivity index (χ0n) is 35.7. The topological polar surface area (TPSA) is 235 Å². The second kappa shape index (κ2) is 20.8. The summed E-state index contributed by atoms with van der Waals surface area (Å²) >= 11 is 0. The van der Waals surface area contributed by atoms with Crippen molar-refractivity contribution in [2.45, 2.75) is 84.2 Å². The number of nitrogens with zero attached hydrogens (tertiary/aromatic N) is 2. The average molecular weight is 867 g/mol. The smallest absolute Gasteiger partial charge is 0.449 e. The lowest BCUT2D eigenvalue weighted by Gasteiger charge is -2.22. The lowest BCUT2D eigenvalue weighted by molar-refractivity contribution is -0.384. The molecule has 1 atom stereocenters. The lowest BCUT2D eigenvalue weighted by atomic mass is 9.98. The number of nitrogens with one attached hydrogen (secondary N) is 4. The molecule has 63 heavy (non-hydrogen) atoms. The van der Waals surface area contributed by atoms with Crippen LogP contribution in [0.1, 0.15) is 77.0 Å². The molecule has 0 aliphatic heterocycles. The summed E-state index contributed by atoms with van der Waals surface area (Å²) < 4.78 is 26.6. The number of rotatable bonds is 13. The molecule has 0 spiro atoms. The maximum atomic E-state index is 13.8. The molecule has 4 aromatic carbocycles. The molecule has 5 rings (SSSR count). The fraction of sp³-hybridized carbons (Fsp3) is 0.333. The van der Waals surface area contributed by atoms with Crippen LogP contribution in [-0.2, 0) is 30.3 Å². The monoisotopic (exact) mass is 866 g/mol. The Hall–Kier alpha value is -7.50. The van der Waals surface area contributed by atoms with Crippen LogP contribution >= 0.6 is 0 Å². The number of amides is 4. The van der Waals surface area contributed by atoms with Gasteiger partial charge in [0.25, 0.3) is 5.69 Å². The number of alkyl carbamates (subject to hydrolysis) is 3. The van der Waals surface area contributed by atoms with Gasteiger partial charge in [0.1, 0.15) is 36.2 Å². The summed E-state index contributed by atoms with van der Waals surface area (Å²) in [5, 5.41) is 21.1. The molecule has 0 fully saturated rings. The minimum Gasteiger partial charge on any atom is -0.449 e. The number of ether oxygens (including phenoxy) is 5. The van der Waals surface area contributed by atoms with E-state index in [1.165, 1.54) is 24.3 Å². The number of guanidine groups is 1. The van der Waals surface area contributed by atoms with Gasteiger partial charge in [-0.1, -0.05) is 60.7 Å². The van der Waals surface area contributed by atoms with E-state index in [4.69, 9.17) is 23.7 Å². The van der Waals surface area contributed by atoms with Crippen molar-refractivity contribution in [3.63, 3.8) is 0 Å². The molecule has 0 unspecified atom stereocenters. The Morgan fingerprint density at radius 3 is 1.83 bits per heavy atom. The number of nitro benzene ring substituents is 1. The van der Waals surface area contributed by atoms with Gasteiger partial charge in [0.2, 0.25) is 11.9 Å². The van der Waals surface area contributed by atoms with Crippen LogP contribution in [0.25, 0.3) is 11.1 Å². The number of carbonyl (C=O) groups excluding carboxylic acids is 5. The van der Waals surface area contributed by atoms with Gasteiger partial charge >= 0.3 is 24.4 Å². The van der Waals surface area contributed by atoms with Crippen LogP contribution < -0.4 is 26.0 Å². The van der Waals surface area contributed by atoms with Crippen LogP contribution in [0.15, 0.2) is 102 Å². The number of hydrogen-bond acceptors (Lipinski definition) is 13. The van der Waals surface area contributed by atoms with Crippen LogP contribution in [-0.4, -0.2) is 71.6 Å². The lowest BCUT2D eigenvalue weighted by Crippen LogP contribution is -2.47. The van der Waals surface area contributed by atoms with Gasteiger partial charge in [-0.15, -0.1) is 0 Å². The molecule has 0 saturated carbocycles. The van der Waals surface area contributed by atoms with Gasteiger partial charge in [0.15, 0.2) is 0 Å².